The van der Waals surface area contributed by atoms with Crippen LogP contribution in [-0.4, -0.2) is 24.9 Å². The van der Waals surface area contributed by atoms with Crippen molar-refractivity contribution in [1.82, 2.24) is 4.98 Å². The van der Waals surface area contributed by atoms with E-state index in [9.17, 15) is 4.79 Å². The highest BCUT2D eigenvalue weighted by molar-refractivity contribution is 9.11. The van der Waals surface area contributed by atoms with Crippen molar-refractivity contribution in [2.24, 2.45) is 0 Å². The number of nitrogens with zero attached hydrogens (tertiary/aromatic N) is 2. The third-order valence-corrected chi connectivity index (χ3v) is 3.70. The van der Waals surface area contributed by atoms with E-state index < -0.39 is 0 Å². The van der Waals surface area contributed by atoms with E-state index in [1.54, 1.807) is 0 Å². The van der Waals surface area contributed by atoms with E-state index in [2.05, 4.69) is 36.8 Å². The summed E-state index contributed by atoms with van der Waals surface area (Å²) < 4.78 is 1.74. The van der Waals surface area contributed by atoms with Crippen molar-refractivity contribution < 1.29 is 4.79 Å². The van der Waals surface area contributed by atoms with Crippen LogP contribution >= 0.6 is 31.9 Å². The summed E-state index contributed by atoms with van der Waals surface area (Å²) in [5.74, 6) is 0.767. The molecule has 1 aromatic carbocycles. The zero-order chi connectivity index (χ0) is 14.9. The number of rotatable bonds is 3. The largest absolute Gasteiger partial charge is 0.363 e. The summed E-state index contributed by atoms with van der Waals surface area (Å²) in [4.78, 5) is 18.9. The standard InChI is InChI=1S/C15H14Br2N2O/c1-9-4-10(7-14(18-9)19(2)3)15(20)11-5-12(16)8-13(17)6-11/h4-8H,1-3H3. The van der Waals surface area contributed by atoms with Gasteiger partial charge in [-0.25, -0.2) is 4.98 Å². The Kier molecular flexibility index (Phi) is 4.60. The highest BCUT2D eigenvalue weighted by Gasteiger charge is 2.13. The number of carbonyl (C=O) groups is 1. The average Bonchev–Trinajstić information content (AvgIpc) is 2.35. The van der Waals surface area contributed by atoms with Crippen molar-refractivity contribution in [3.63, 3.8) is 0 Å². The number of aryl methyl sites for hydroxylation is 1. The Hall–Kier alpha value is -1.20. The quantitative estimate of drug-likeness (QED) is 0.727. The van der Waals surface area contributed by atoms with E-state index in [4.69, 9.17) is 0 Å². The summed E-state index contributed by atoms with van der Waals surface area (Å²) in [6.07, 6.45) is 0. The van der Waals surface area contributed by atoms with Crippen molar-refractivity contribution >= 4 is 43.5 Å². The number of hydrogen-bond acceptors (Lipinski definition) is 3. The summed E-state index contributed by atoms with van der Waals surface area (Å²) in [5.41, 5.74) is 2.11. The van der Waals surface area contributed by atoms with Crippen LogP contribution in [0.3, 0.4) is 0 Å². The second kappa shape index (κ2) is 6.06. The lowest BCUT2D eigenvalue weighted by molar-refractivity contribution is 0.103. The molecule has 0 saturated carbocycles. The lowest BCUT2D eigenvalue weighted by Crippen LogP contribution is -2.13. The van der Waals surface area contributed by atoms with Crippen LogP contribution in [0.5, 0.6) is 0 Å². The van der Waals surface area contributed by atoms with Crippen LogP contribution in [0.4, 0.5) is 5.82 Å². The highest BCUT2D eigenvalue weighted by Crippen LogP contribution is 2.23. The van der Waals surface area contributed by atoms with Gasteiger partial charge in [0.1, 0.15) is 5.82 Å². The molecule has 5 heteroatoms. The molecule has 2 rings (SSSR count). The number of ketones is 1. The Bertz CT molecular complexity index is 649. The molecule has 2 aromatic rings. The van der Waals surface area contributed by atoms with Gasteiger partial charge in [0.25, 0.3) is 0 Å². The summed E-state index contributed by atoms with van der Waals surface area (Å²) in [6.45, 7) is 1.89. The van der Waals surface area contributed by atoms with E-state index in [1.165, 1.54) is 0 Å². The molecule has 0 N–H and O–H groups in total. The van der Waals surface area contributed by atoms with Crippen LogP contribution in [-0.2, 0) is 0 Å². The molecule has 0 aliphatic rings. The van der Waals surface area contributed by atoms with E-state index in [0.717, 1.165) is 20.5 Å². The smallest absolute Gasteiger partial charge is 0.193 e. The number of pyridine rings is 1. The SMILES string of the molecule is Cc1cc(C(=O)c2cc(Br)cc(Br)c2)cc(N(C)C)n1. The molecule has 3 nitrogen and oxygen atoms in total. The van der Waals surface area contributed by atoms with Crippen LogP contribution in [0.15, 0.2) is 39.3 Å². The Morgan fingerprint density at radius 2 is 1.55 bits per heavy atom. The number of aromatic nitrogens is 1. The molecule has 1 heterocycles. The van der Waals surface area contributed by atoms with Gasteiger partial charge in [-0.1, -0.05) is 31.9 Å². The Labute approximate surface area is 135 Å². The van der Waals surface area contributed by atoms with Crippen molar-refractivity contribution in [2.45, 2.75) is 6.92 Å². The molecule has 0 fully saturated rings. The summed E-state index contributed by atoms with van der Waals surface area (Å²) in [7, 11) is 3.82. The zero-order valence-corrected chi connectivity index (χ0v) is 14.6. The molecule has 0 unspecified atom stereocenters. The predicted molar refractivity (Wildman–Crippen MR) is 88.6 cm³/mol. The van der Waals surface area contributed by atoms with E-state index in [-0.39, 0.29) is 5.78 Å². The molecule has 0 atom stereocenters. The van der Waals surface area contributed by atoms with Crippen molar-refractivity contribution in [3.8, 4) is 0 Å². The monoisotopic (exact) mass is 396 g/mol. The molecule has 104 valence electrons. The lowest BCUT2D eigenvalue weighted by Gasteiger charge is -2.13. The molecule has 0 amide bonds. The van der Waals surface area contributed by atoms with Crippen LogP contribution in [0.25, 0.3) is 0 Å². The summed E-state index contributed by atoms with van der Waals surface area (Å²) >= 11 is 6.81. The Balaban J connectivity index is 2.47. The Morgan fingerprint density at radius 3 is 2.10 bits per heavy atom. The number of carbonyl (C=O) groups excluding carboxylic acids is 1. The minimum atomic E-state index is -0.0133. The number of anilines is 1. The number of halogens is 2. The normalized spacial score (nSPS) is 10.4. The van der Waals surface area contributed by atoms with Crippen molar-refractivity contribution in [3.05, 3.63) is 56.1 Å². The first-order valence-corrected chi connectivity index (χ1v) is 7.62. The fourth-order valence-electron chi connectivity index (χ4n) is 1.86. The topological polar surface area (TPSA) is 33.2 Å². The second-order valence-electron chi connectivity index (χ2n) is 4.74. The van der Waals surface area contributed by atoms with Gasteiger partial charge in [-0.2, -0.15) is 0 Å². The number of hydrogen-bond donors (Lipinski definition) is 0. The van der Waals surface area contributed by atoms with E-state index in [0.29, 0.717) is 11.1 Å². The molecular weight excluding hydrogens is 384 g/mol. The fourth-order valence-corrected chi connectivity index (χ4v) is 3.16. The first-order valence-electron chi connectivity index (χ1n) is 6.03. The van der Waals surface area contributed by atoms with Gasteiger partial charge in [0.05, 0.1) is 0 Å². The maximum atomic E-state index is 12.6. The average molecular weight is 398 g/mol. The predicted octanol–water partition coefficient (Wildman–Crippen LogP) is 4.21. The molecule has 0 saturated heterocycles. The third kappa shape index (κ3) is 3.46. The lowest BCUT2D eigenvalue weighted by atomic mass is 10.0. The van der Waals surface area contributed by atoms with E-state index in [1.807, 2.05) is 56.3 Å². The molecule has 0 aliphatic carbocycles. The molecule has 1 aromatic heterocycles. The minimum absolute atomic E-state index is 0.0133. The molecule has 0 spiro atoms. The molecule has 0 aliphatic heterocycles. The third-order valence-electron chi connectivity index (χ3n) is 2.79. The summed E-state index contributed by atoms with van der Waals surface area (Å²) in [5, 5.41) is 0. The first kappa shape index (κ1) is 15.2. The minimum Gasteiger partial charge on any atom is -0.363 e. The van der Waals surface area contributed by atoms with E-state index >= 15 is 0 Å². The second-order valence-corrected chi connectivity index (χ2v) is 6.57. The van der Waals surface area contributed by atoms with Crippen LogP contribution in [0.1, 0.15) is 21.6 Å². The molecule has 20 heavy (non-hydrogen) atoms. The van der Waals surface area contributed by atoms with Crippen LogP contribution < -0.4 is 4.90 Å². The molecular formula is C15H14Br2N2O. The maximum Gasteiger partial charge on any atom is 0.193 e. The van der Waals surface area contributed by atoms with Crippen molar-refractivity contribution in [2.75, 3.05) is 19.0 Å². The number of benzene rings is 1. The maximum absolute atomic E-state index is 12.6. The Morgan fingerprint density at radius 1 is 1.00 bits per heavy atom. The van der Waals surface area contributed by atoms with Gasteiger partial charge in [0.2, 0.25) is 0 Å². The molecule has 0 bridgehead atoms. The van der Waals surface area contributed by atoms with Gasteiger partial charge in [-0.3, -0.25) is 4.79 Å². The fraction of sp³-hybridized carbons (Fsp3) is 0.200. The van der Waals surface area contributed by atoms with Gasteiger partial charge < -0.3 is 4.90 Å². The van der Waals surface area contributed by atoms with Gasteiger partial charge in [-0.15, -0.1) is 0 Å². The zero-order valence-electron chi connectivity index (χ0n) is 11.4. The van der Waals surface area contributed by atoms with Crippen molar-refractivity contribution in [1.29, 1.82) is 0 Å². The van der Waals surface area contributed by atoms with Gasteiger partial charge in [-0.05, 0) is 37.3 Å². The summed E-state index contributed by atoms with van der Waals surface area (Å²) in [6, 6.07) is 9.16. The van der Waals surface area contributed by atoms with Gasteiger partial charge >= 0.3 is 0 Å². The van der Waals surface area contributed by atoms with Crippen LogP contribution in [0, 0.1) is 6.92 Å². The van der Waals surface area contributed by atoms with Gasteiger partial charge in [0, 0.05) is 39.9 Å². The van der Waals surface area contributed by atoms with Crippen LogP contribution in [0.2, 0.25) is 0 Å². The first-order chi connectivity index (χ1) is 9.36. The highest BCUT2D eigenvalue weighted by atomic mass is 79.9. The van der Waals surface area contributed by atoms with Gasteiger partial charge in [0.15, 0.2) is 5.78 Å². The molecule has 0 radical (unpaired) electrons.